The van der Waals surface area contributed by atoms with Gasteiger partial charge in [0.1, 0.15) is 12.4 Å². The Morgan fingerprint density at radius 3 is 2.42 bits per heavy atom. The highest BCUT2D eigenvalue weighted by molar-refractivity contribution is 6.08. The van der Waals surface area contributed by atoms with Gasteiger partial charge in [0.15, 0.2) is 0 Å². The first-order valence-electron chi connectivity index (χ1n) is 11.4. The van der Waals surface area contributed by atoms with Crippen LogP contribution in [0.3, 0.4) is 0 Å². The van der Waals surface area contributed by atoms with Crippen LogP contribution in [0.4, 0.5) is 5.69 Å². The summed E-state index contributed by atoms with van der Waals surface area (Å²) in [4.78, 5) is 26.4. The van der Waals surface area contributed by atoms with Crippen LogP contribution in [0.2, 0.25) is 0 Å². The van der Waals surface area contributed by atoms with E-state index in [1.165, 1.54) is 0 Å². The largest absolute Gasteiger partial charge is 0.489 e. The van der Waals surface area contributed by atoms with E-state index in [0.29, 0.717) is 25.0 Å². The Bertz CT molecular complexity index is 1120. The van der Waals surface area contributed by atoms with E-state index in [4.69, 9.17) is 9.84 Å². The molecule has 2 unspecified atom stereocenters. The van der Waals surface area contributed by atoms with E-state index in [9.17, 15) is 9.59 Å². The van der Waals surface area contributed by atoms with Crippen molar-refractivity contribution in [3.8, 4) is 5.75 Å². The van der Waals surface area contributed by atoms with Crippen molar-refractivity contribution in [2.75, 3.05) is 4.90 Å². The van der Waals surface area contributed by atoms with E-state index >= 15 is 0 Å². The topological polar surface area (TPSA) is 66.8 Å². The number of benzene rings is 3. The lowest BCUT2D eigenvalue weighted by Crippen LogP contribution is -2.37. The number of anilines is 1. The van der Waals surface area contributed by atoms with Crippen LogP contribution in [0.25, 0.3) is 0 Å². The molecule has 0 saturated carbocycles. The number of nitrogens with zero attached hydrogens (tertiary/aromatic N) is 1. The molecule has 1 amide bonds. The smallest absolute Gasteiger partial charge is 0.303 e. The first-order valence-corrected chi connectivity index (χ1v) is 11.4. The Balaban J connectivity index is 1.61. The van der Waals surface area contributed by atoms with Gasteiger partial charge in [-0.1, -0.05) is 48.0 Å². The quantitative estimate of drug-likeness (QED) is 0.466. The van der Waals surface area contributed by atoms with Crippen molar-refractivity contribution in [3.63, 3.8) is 0 Å². The van der Waals surface area contributed by atoms with Crippen LogP contribution in [0.5, 0.6) is 5.75 Å². The Hall–Kier alpha value is -3.60. The van der Waals surface area contributed by atoms with E-state index in [-0.39, 0.29) is 24.3 Å². The Kier molecular flexibility index (Phi) is 6.78. The number of carbonyl (C=O) groups is 2. The van der Waals surface area contributed by atoms with Crippen molar-refractivity contribution < 1.29 is 19.4 Å². The second-order valence-corrected chi connectivity index (χ2v) is 8.67. The molecule has 1 N–H and O–H groups in total. The zero-order chi connectivity index (χ0) is 23.4. The molecule has 1 heterocycles. The van der Waals surface area contributed by atoms with Crippen molar-refractivity contribution in [3.05, 3.63) is 95.1 Å². The summed E-state index contributed by atoms with van der Waals surface area (Å²) in [5.41, 5.74) is 4.75. The lowest BCUT2D eigenvalue weighted by molar-refractivity contribution is -0.137. The maximum Gasteiger partial charge on any atom is 0.303 e. The number of aliphatic carboxylic acids is 1. The predicted octanol–water partition coefficient (Wildman–Crippen LogP) is 5.96. The minimum Gasteiger partial charge on any atom is -0.489 e. The lowest BCUT2D eigenvalue weighted by Gasteiger charge is -2.25. The van der Waals surface area contributed by atoms with Crippen LogP contribution >= 0.6 is 0 Å². The number of hydrogen-bond donors (Lipinski definition) is 1. The molecule has 0 fully saturated rings. The molecule has 2 atom stereocenters. The van der Waals surface area contributed by atoms with Gasteiger partial charge in [-0.3, -0.25) is 9.59 Å². The fourth-order valence-corrected chi connectivity index (χ4v) is 4.54. The maximum absolute atomic E-state index is 13.5. The second-order valence-electron chi connectivity index (χ2n) is 8.67. The number of hydrogen-bond acceptors (Lipinski definition) is 3. The summed E-state index contributed by atoms with van der Waals surface area (Å²) in [6, 6.07) is 23.4. The maximum atomic E-state index is 13.5. The van der Waals surface area contributed by atoms with Crippen LogP contribution in [0, 0.1) is 6.92 Å². The Morgan fingerprint density at radius 2 is 1.73 bits per heavy atom. The summed E-state index contributed by atoms with van der Waals surface area (Å²) in [7, 11) is 0. The Morgan fingerprint density at radius 1 is 1.00 bits per heavy atom. The highest BCUT2D eigenvalue weighted by atomic mass is 16.5. The number of carboxylic acids is 1. The normalized spacial score (nSPS) is 17.0. The molecule has 4 rings (SSSR count). The third-order valence-corrected chi connectivity index (χ3v) is 6.32. The molecular formula is C28H29NO4. The summed E-state index contributed by atoms with van der Waals surface area (Å²) in [5, 5.41) is 9.10. The van der Waals surface area contributed by atoms with E-state index in [2.05, 4.69) is 0 Å². The molecule has 0 bridgehead atoms. The average Bonchev–Trinajstić information content (AvgIpc) is 3.09. The highest BCUT2D eigenvalue weighted by Crippen LogP contribution is 2.45. The molecule has 0 radical (unpaired) electrons. The number of aryl methyl sites for hydroxylation is 1. The number of carboxylic acid groups (broad SMARTS) is 1. The molecular weight excluding hydrogens is 414 g/mol. The van der Waals surface area contributed by atoms with Gasteiger partial charge in [-0.25, -0.2) is 0 Å². The summed E-state index contributed by atoms with van der Waals surface area (Å²) in [5.74, 6) is -0.0393. The van der Waals surface area contributed by atoms with Gasteiger partial charge in [-0.15, -0.1) is 0 Å². The third kappa shape index (κ3) is 5.08. The van der Waals surface area contributed by atoms with Crippen molar-refractivity contribution in [1.82, 2.24) is 0 Å². The lowest BCUT2D eigenvalue weighted by atomic mass is 9.90. The Labute approximate surface area is 194 Å². The summed E-state index contributed by atoms with van der Waals surface area (Å²) >= 11 is 0. The number of fused-ring (bicyclic) bond motifs is 1. The van der Waals surface area contributed by atoms with Gasteiger partial charge in [-0.05, 0) is 68.1 Å². The van der Waals surface area contributed by atoms with Crippen molar-refractivity contribution in [1.29, 1.82) is 0 Å². The molecule has 1 aliphatic heterocycles. The van der Waals surface area contributed by atoms with Gasteiger partial charge in [0.05, 0.1) is 0 Å². The van der Waals surface area contributed by atoms with Gasteiger partial charge in [-0.2, -0.15) is 0 Å². The van der Waals surface area contributed by atoms with Crippen LogP contribution in [-0.2, 0) is 11.4 Å². The zero-order valence-electron chi connectivity index (χ0n) is 19.0. The van der Waals surface area contributed by atoms with Gasteiger partial charge in [0.25, 0.3) is 5.91 Å². The number of ether oxygens (including phenoxy) is 1. The van der Waals surface area contributed by atoms with Gasteiger partial charge in [0, 0.05) is 29.6 Å². The molecule has 0 spiro atoms. The molecule has 0 aromatic heterocycles. The monoisotopic (exact) mass is 443 g/mol. The fraction of sp³-hybridized carbons (Fsp3) is 0.286. The summed E-state index contributed by atoms with van der Waals surface area (Å²) in [6.07, 6.45) is 1.38. The van der Waals surface area contributed by atoms with E-state index in [0.717, 1.165) is 28.1 Å². The molecule has 5 nitrogen and oxygen atoms in total. The van der Waals surface area contributed by atoms with Crippen molar-refractivity contribution >= 4 is 17.6 Å². The molecule has 3 aromatic rings. The molecule has 5 heteroatoms. The molecule has 170 valence electrons. The molecule has 33 heavy (non-hydrogen) atoms. The van der Waals surface area contributed by atoms with E-state index < -0.39 is 5.97 Å². The van der Waals surface area contributed by atoms with Crippen molar-refractivity contribution in [2.24, 2.45) is 0 Å². The second kappa shape index (κ2) is 9.90. The van der Waals surface area contributed by atoms with Gasteiger partial charge in [0.2, 0.25) is 0 Å². The predicted molar refractivity (Wildman–Crippen MR) is 129 cm³/mol. The molecule has 0 saturated heterocycles. The molecule has 0 aliphatic carbocycles. The van der Waals surface area contributed by atoms with E-state index in [1.54, 1.807) is 0 Å². The number of rotatable bonds is 8. The van der Waals surface area contributed by atoms with E-state index in [1.807, 2.05) is 91.5 Å². The standard InChI is InChI=1S/C28H29NO4/c1-19-11-13-22(14-12-19)28(32)29-20(2)24(9-6-10-27(30)31)25-17-23(15-16-26(25)29)33-18-21-7-4-3-5-8-21/h3-5,7-8,11-17,20,24H,6,9-10,18H2,1-2H3,(H,30,31). The average molecular weight is 444 g/mol. The first kappa shape index (κ1) is 22.6. The molecule has 3 aromatic carbocycles. The van der Waals surface area contributed by atoms with Crippen LogP contribution in [0.15, 0.2) is 72.8 Å². The van der Waals surface area contributed by atoms with Crippen LogP contribution in [0.1, 0.15) is 59.2 Å². The minimum absolute atomic E-state index is 0.0394. The molecule has 1 aliphatic rings. The first-order chi connectivity index (χ1) is 15.9. The number of carbonyl (C=O) groups excluding carboxylic acids is 1. The zero-order valence-corrected chi connectivity index (χ0v) is 19.0. The van der Waals surface area contributed by atoms with Gasteiger partial charge >= 0.3 is 5.97 Å². The highest BCUT2D eigenvalue weighted by Gasteiger charge is 2.39. The fourth-order valence-electron chi connectivity index (χ4n) is 4.54. The van der Waals surface area contributed by atoms with Crippen LogP contribution < -0.4 is 9.64 Å². The number of amides is 1. The third-order valence-electron chi connectivity index (χ3n) is 6.32. The van der Waals surface area contributed by atoms with Crippen LogP contribution in [-0.4, -0.2) is 23.0 Å². The van der Waals surface area contributed by atoms with Gasteiger partial charge < -0.3 is 14.7 Å². The summed E-state index contributed by atoms with van der Waals surface area (Å²) < 4.78 is 6.04. The van der Waals surface area contributed by atoms with Crippen molar-refractivity contribution in [2.45, 2.75) is 51.7 Å². The SMILES string of the molecule is Cc1ccc(C(=O)N2c3ccc(OCc4ccccc4)cc3C(CCCC(=O)O)C2C)cc1. The summed E-state index contributed by atoms with van der Waals surface area (Å²) in [6.45, 7) is 4.50. The minimum atomic E-state index is -0.798.